The standard InChI is InChI=1S/C11H19N7O3/c1-16-3-5-17(6-4-16)11-14-9(12)8(18(20)21)10(15-11)13-2-7-19/h19H,2-7H2,1H3,(H3,12,13,14,15)/p+1. The third-order valence-corrected chi connectivity index (χ3v) is 3.39. The summed E-state index contributed by atoms with van der Waals surface area (Å²) in [7, 11) is 2.11. The molecule has 0 aliphatic carbocycles. The molecule has 5 N–H and O–H groups in total. The summed E-state index contributed by atoms with van der Waals surface area (Å²) < 4.78 is 0. The number of nitrogens with one attached hydrogen (secondary N) is 2. The van der Waals surface area contributed by atoms with E-state index in [0.29, 0.717) is 5.95 Å². The third-order valence-electron chi connectivity index (χ3n) is 3.39. The maximum atomic E-state index is 11.1. The van der Waals surface area contributed by atoms with E-state index in [1.165, 1.54) is 4.90 Å². The van der Waals surface area contributed by atoms with Gasteiger partial charge in [0, 0.05) is 6.54 Å². The van der Waals surface area contributed by atoms with Crippen LogP contribution in [0.2, 0.25) is 0 Å². The zero-order chi connectivity index (χ0) is 15.4. The van der Waals surface area contributed by atoms with Crippen LogP contribution in [0, 0.1) is 10.1 Å². The van der Waals surface area contributed by atoms with Gasteiger partial charge < -0.3 is 26.0 Å². The Morgan fingerprint density at radius 1 is 1.48 bits per heavy atom. The monoisotopic (exact) mass is 298 g/mol. The molecular weight excluding hydrogens is 278 g/mol. The van der Waals surface area contributed by atoms with Gasteiger partial charge in [0.2, 0.25) is 17.6 Å². The van der Waals surface area contributed by atoms with E-state index in [4.69, 9.17) is 10.8 Å². The quantitative estimate of drug-likeness (QED) is 0.352. The number of piperazine rings is 1. The van der Waals surface area contributed by atoms with Crippen molar-refractivity contribution < 1.29 is 14.9 Å². The first-order chi connectivity index (χ1) is 10.0. The number of hydrogen-bond acceptors (Lipinski definition) is 8. The average molecular weight is 298 g/mol. The van der Waals surface area contributed by atoms with Crippen molar-refractivity contribution in [2.75, 3.05) is 62.3 Å². The number of aromatic nitrogens is 2. The van der Waals surface area contributed by atoms with Crippen molar-refractivity contribution >= 4 is 23.3 Å². The van der Waals surface area contributed by atoms with E-state index in [0.717, 1.165) is 26.2 Å². The number of likely N-dealkylation sites (N-methyl/N-ethyl adjacent to an activating group) is 1. The average Bonchev–Trinajstić information content (AvgIpc) is 2.44. The fourth-order valence-electron chi connectivity index (χ4n) is 2.17. The maximum absolute atomic E-state index is 11.1. The molecular formula is C11H20N7O3+. The summed E-state index contributed by atoms with van der Waals surface area (Å²) in [5.41, 5.74) is 5.35. The number of anilines is 3. The number of rotatable bonds is 5. The second-order valence-corrected chi connectivity index (χ2v) is 4.96. The van der Waals surface area contributed by atoms with Gasteiger partial charge >= 0.3 is 5.69 Å². The largest absolute Gasteiger partial charge is 0.395 e. The summed E-state index contributed by atoms with van der Waals surface area (Å²) in [5.74, 6) is 0.255. The van der Waals surface area contributed by atoms with Crippen molar-refractivity contribution in [2.45, 2.75) is 0 Å². The minimum atomic E-state index is -0.618. The van der Waals surface area contributed by atoms with E-state index in [-0.39, 0.29) is 30.5 Å². The molecule has 1 fully saturated rings. The summed E-state index contributed by atoms with van der Waals surface area (Å²) in [6.45, 7) is 3.42. The Bertz CT molecular complexity index is 517. The fraction of sp³-hybridized carbons (Fsp3) is 0.636. The normalized spacial score (nSPS) is 16.0. The summed E-state index contributed by atoms with van der Waals surface area (Å²) in [6.07, 6.45) is 0. The number of aliphatic hydroxyl groups excluding tert-OH is 1. The highest BCUT2D eigenvalue weighted by atomic mass is 16.6. The van der Waals surface area contributed by atoms with Crippen molar-refractivity contribution in [3.05, 3.63) is 10.1 Å². The van der Waals surface area contributed by atoms with Crippen LogP contribution in [0.3, 0.4) is 0 Å². The highest BCUT2D eigenvalue weighted by molar-refractivity contribution is 5.70. The fourth-order valence-corrected chi connectivity index (χ4v) is 2.17. The van der Waals surface area contributed by atoms with Crippen molar-refractivity contribution in [3.8, 4) is 0 Å². The SMILES string of the molecule is C[NH+]1CCN(c2nc(N)c([N+](=O)[O-])c(NCCO)n2)CC1. The first-order valence-corrected chi connectivity index (χ1v) is 6.75. The van der Waals surface area contributed by atoms with Crippen molar-refractivity contribution in [1.29, 1.82) is 0 Å². The molecule has 0 radical (unpaired) electrons. The molecule has 0 spiro atoms. The van der Waals surface area contributed by atoms with Crippen LogP contribution in [-0.2, 0) is 0 Å². The molecule has 0 unspecified atom stereocenters. The molecule has 1 aliphatic heterocycles. The van der Waals surface area contributed by atoms with Crippen LogP contribution in [0.1, 0.15) is 0 Å². The molecule has 0 saturated carbocycles. The van der Waals surface area contributed by atoms with E-state index >= 15 is 0 Å². The summed E-state index contributed by atoms with van der Waals surface area (Å²) in [6, 6.07) is 0. The molecule has 10 nitrogen and oxygen atoms in total. The number of quaternary nitrogens is 1. The van der Waals surface area contributed by atoms with Gasteiger partial charge in [0.1, 0.15) is 0 Å². The second-order valence-electron chi connectivity index (χ2n) is 4.96. The van der Waals surface area contributed by atoms with E-state index < -0.39 is 4.92 Å². The first-order valence-electron chi connectivity index (χ1n) is 6.75. The van der Waals surface area contributed by atoms with E-state index in [1.807, 2.05) is 4.90 Å². The Labute approximate surface area is 121 Å². The number of nitrogen functional groups attached to an aromatic ring is 1. The van der Waals surface area contributed by atoms with Crippen LogP contribution in [0.25, 0.3) is 0 Å². The number of nitrogens with zero attached hydrogens (tertiary/aromatic N) is 4. The molecule has 1 saturated heterocycles. The lowest BCUT2D eigenvalue weighted by molar-refractivity contribution is -0.880. The van der Waals surface area contributed by atoms with Crippen LogP contribution >= 0.6 is 0 Å². The second kappa shape index (κ2) is 6.50. The third kappa shape index (κ3) is 3.47. The van der Waals surface area contributed by atoms with Crippen LogP contribution < -0.4 is 20.9 Å². The molecule has 1 aromatic rings. The molecule has 116 valence electrons. The Kier molecular flexibility index (Phi) is 4.70. The zero-order valence-corrected chi connectivity index (χ0v) is 11.9. The predicted octanol–water partition coefficient (Wildman–Crippen LogP) is -2.29. The molecule has 2 rings (SSSR count). The van der Waals surface area contributed by atoms with Gasteiger partial charge in [-0.2, -0.15) is 9.97 Å². The van der Waals surface area contributed by atoms with Gasteiger partial charge in [-0.15, -0.1) is 0 Å². The Hall–Kier alpha value is -2.20. The first kappa shape index (κ1) is 15.2. The molecule has 21 heavy (non-hydrogen) atoms. The molecule has 0 aromatic carbocycles. The van der Waals surface area contributed by atoms with Gasteiger partial charge in [-0.05, 0) is 0 Å². The Balaban J connectivity index is 2.30. The maximum Gasteiger partial charge on any atom is 0.353 e. The Morgan fingerprint density at radius 3 is 2.71 bits per heavy atom. The summed E-state index contributed by atoms with van der Waals surface area (Å²) >= 11 is 0. The molecule has 2 heterocycles. The molecule has 0 atom stereocenters. The zero-order valence-electron chi connectivity index (χ0n) is 11.9. The van der Waals surface area contributed by atoms with E-state index in [2.05, 4.69) is 22.3 Å². The lowest BCUT2D eigenvalue weighted by atomic mass is 10.3. The Morgan fingerprint density at radius 2 is 2.14 bits per heavy atom. The van der Waals surface area contributed by atoms with E-state index in [9.17, 15) is 10.1 Å². The number of hydrogen-bond donors (Lipinski definition) is 4. The van der Waals surface area contributed by atoms with E-state index in [1.54, 1.807) is 0 Å². The summed E-state index contributed by atoms with van der Waals surface area (Å²) in [5, 5.41) is 22.6. The van der Waals surface area contributed by atoms with Gasteiger partial charge in [0.25, 0.3) is 0 Å². The predicted molar refractivity (Wildman–Crippen MR) is 77.5 cm³/mol. The number of nitro groups is 1. The highest BCUT2D eigenvalue weighted by Gasteiger charge is 2.26. The lowest BCUT2D eigenvalue weighted by Gasteiger charge is -2.30. The minimum absolute atomic E-state index is 0.0443. The van der Waals surface area contributed by atoms with Crippen LogP contribution in [-0.4, -0.2) is 66.4 Å². The van der Waals surface area contributed by atoms with Crippen LogP contribution in [0.5, 0.6) is 0 Å². The van der Waals surface area contributed by atoms with Crippen molar-refractivity contribution in [3.63, 3.8) is 0 Å². The molecule has 10 heteroatoms. The van der Waals surface area contributed by atoms with Crippen molar-refractivity contribution in [1.82, 2.24) is 9.97 Å². The highest BCUT2D eigenvalue weighted by Crippen LogP contribution is 2.29. The lowest BCUT2D eigenvalue weighted by Crippen LogP contribution is -3.12. The molecule has 1 aromatic heterocycles. The number of nitrogens with two attached hydrogens (primary N) is 1. The minimum Gasteiger partial charge on any atom is -0.395 e. The molecule has 0 amide bonds. The van der Waals surface area contributed by atoms with Gasteiger partial charge in [-0.3, -0.25) is 10.1 Å². The van der Waals surface area contributed by atoms with Gasteiger partial charge in [-0.25, -0.2) is 0 Å². The molecule has 1 aliphatic rings. The molecule has 0 bridgehead atoms. The van der Waals surface area contributed by atoms with Crippen LogP contribution in [0.15, 0.2) is 0 Å². The van der Waals surface area contributed by atoms with Crippen molar-refractivity contribution in [2.24, 2.45) is 0 Å². The topological polar surface area (TPSA) is 135 Å². The number of aliphatic hydroxyl groups is 1. The summed E-state index contributed by atoms with van der Waals surface area (Å²) in [4.78, 5) is 22.1. The van der Waals surface area contributed by atoms with Gasteiger partial charge in [0.15, 0.2) is 0 Å². The van der Waals surface area contributed by atoms with Gasteiger partial charge in [0.05, 0.1) is 44.8 Å². The van der Waals surface area contributed by atoms with Crippen LogP contribution in [0.4, 0.5) is 23.3 Å². The van der Waals surface area contributed by atoms with Gasteiger partial charge in [-0.1, -0.05) is 0 Å². The smallest absolute Gasteiger partial charge is 0.353 e.